The highest BCUT2D eigenvalue weighted by Gasteiger charge is 2.43. The number of aromatic carboxylic acids is 1. The summed E-state index contributed by atoms with van der Waals surface area (Å²) in [5, 5.41) is 8.85. The first-order valence-electron chi connectivity index (χ1n) is 5.58. The van der Waals surface area contributed by atoms with Gasteiger partial charge in [0.25, 0.3) is 0 Å². The predicted octanol–water partition coefficient (Wildman–Crippen LogP) is 2.51. The topological polar surface area (TPSA) is 63.6 Å². The maximum absolute atomic E-state index is 12.3. The molecule has 0 fully saturated rings. The number of carboxylic acids is 1. The second-order valence-electron chi connectivity index (χ2n) is 4.21. The van der Waals surface area contributed by atoms with Gasteiger partial charge in [-0.3, -0.25) is 4.79 Å². The monoisotopic (exact) mass is 286 g/mol. The number of ketones is 1. The van der Waals surface area contributed by atoms with Gasteiger partial charge in [0.05, 0.1) is 12.2 Å². The number of ether oxygens (including phenoxy) is 1. The number of rotatable bonds is 3. The van der Waals surface area contributed by atoms with E-state index < -0.39 is 29.6 Å². The molecule has 4 nitrogen and oxygen atoms in total. The van der Waals surface area contributed by atoms with E-state index in [4.69, 9.17) is 9.84 Å². The van der Waals surface area contributed by atoms with E-state index in [-0.39, 0.29) is 12.2 Å². The number of carboxylic acid groups (broad SMARTS) is 1. The Kier molecular flexibility index (Phi) is 3.52. The standard InChI is InChI=1S/C13H9F3O4/c14-13(15,16)11(17)10-5-9(6-20-10)7-2-1-3-8(4-7)12(18)19/h1-5,9H,6H2,(H,18,19). The molecule has 0 amide bonds. The highest BCUT2D eigenvalue weighted by atomic mass is 19.4. The van der Waals surface area contributed by atoms with Crippen LogP contribution in [0.5, 0.6) is 0 Å². The lowest BCUT2D eigenvalue weighted by molar-refractivity contribution is -0.169. The van der Waals surface area contributed by atoms with Gasteiger partial charge in [0.2, 0.25) is 0 Å². The third kappa shape index (κ3) is 2.81. The molecule has 1 unspecified atom stereocenters. The van der Waals surface area contributed by atoms with Crippen LogP contribution in [0.4, 0.5) is 13.2 Å². The van der Waals surface area contributed by atoms with E-state index in [0.717, 1.165) is 6.08 Å². The van der Waals surface area contributed by atoms with Crippen LogP contribution in [0.3, 0.4) is 0 Å². The molecule has 2 rings (SSSR count). The van der Waals surface area contributed by atoms with Gasteiger partial charge < -0.3 is 9.84 Å². The van der Waals surface area contributed by atoms with Crippen molar-refractivity contribution in [1.29, 1.82) is 0 Å². The van der Waals surface area contributed by atoms with Crippen LogP contribution < -0.4 is 0 Å². The van der Waals surface area contributed by atoms with Crippen LogP contribution in [0.25, 0.3) is 0 Å². The molecule has 106 valence electrons. The molecule has 1 aromatic rings. The zero-order valence-corrected chi connectivity index (χ0v) is 9.98. The molecule has 0 spiro atoms. The molecule has 1 aromatic carbocycles. The summed E-state index contributed by atoms with van der Waals surface area (Å²) in [7, 11) is 0. The van der Waals surface area contributed by atoms with Crippen LogP contribution >= 0.6 is 0 Å². The molecule has 20 heavy (non-hydrogen) atoms. The molecule has 0 saturated heterocycles. The largest absolute Gasteiger partial charge is 0.489 e. The molecule has 1 aliphatic rings. The van der Waals surface area contributed by atoms with Crippen molar-refractivity contribution in [3.05, 3.63) is 47.2 Å². The number of halogens is 3. The molecule has 0 saturated carbocycles. The van der Waals surface area contributed by atoms with Crippen LogP contribution in [0, 0.1) is 0 Å². The summed E-state index contributed by atoms with van der Waals surface area (Å²) >= 11 is 0. The molecule has 0 bridgehead atoms. The Morgan fingerprint density at radius 3 is 2.60 bits per heavy atom. The number of alkyl halides is 3. The number of carbonyl (C=O) groups excluding carboxylic acids is 1. The Morgan fingerprint density at radius 1 is 1.30 bits per heavy atom. The predicted molar refractivity (Wildman–Crippen MR) is 61.2 cm³/mol. The second-order valence-corrected chi connectivity index (χ2v) is 4.21. The van der Waals surface area contributed by atoms with Crippen molar-refractivity contribution in [3.63, 3.8) is 0 Å². The van der Waals surface area contributed by atoms with Gasteiger partial charge >= 0.3 is 17.9 Å². The lowest BCUT2D eigenvalue weighted by Crippen LogP contribution is -2.24. The summed E-state index contributed by atoms with van der Waals surface area (Å²) in [6.45, 7) is -0.125. The summed E-state index contributed by atoms with van der Waals surface area (Å²) in [5.74, 6) is -4.49. The van der Waals surface area contributed by atoms with Crippen molar-refractivity contribution in [1.82, 2.24) is 0 Å². The van der Waals surface area contributed by atoms with Crippen molar-refractivity contribution >= 4 is 11.8 Å². The quantitative estimate of drug-likeness (QED) is 0.927. The van der Waals surface area contributed by atoms with Gasteiger partial charge in [-0.05, 0) is 23.8 Å². The fourth-order valence-electron chi connectivity index (χ4n) is 1.83. The van der Waals surface area contributed by atoms with Gasteiger partial charge in [0.15, 0.2) is 5.76 Å². The van der Waals surface area contributed by atoms with Gasteiger partial charge in [-0.25, -0.2) is 4.79 Å². The maximum atomic E-state index is 12.3. The van der Waals surface area contributed by atoms with Crippen molar-refractivity contribution in [2.45, 2.75) is 12.1 Å². The Labute approximate surface area is 111 Å². The van der Waals surface area contributed by atoms with E-state index in [0.29, 0.717) is 5.56 Å². The smallest absolute Gasteiger partial charge is 0.458 e. The Morgan fingerprint density at radius 2 is 2.00 bits per heavy atom. The number of hydrogen-bond acceptors (Lipinski definition) is 3. The summed E-state index contributed by atoms with van der Waals surface area (Å²) < 4.78 is 41.5. The molecule has 1 N–H and O–H groups in total. The van der Waals surface area contributed by atoms with E-state index >= 15 is 0 Å². The molecule has 0 aliphatic carbocycles. The van der Waals surface area contributed by atoms with E-state index in [1.807, 2.05) is 0 Å². The lowest BCUT2D eigenvalue weighted by Gasteiger charge is -2.07. The molecular weight excluding hydrogens is 277 g/mol. The van der Waals surface area contributed by atoms with E-state index in [2.05, 4.69) is 0 Å². The molecular formula is C13H9F3O4. The zero-order valence-electron chi connectivity index (χ0n) is 9.98. The van der Waals surface area contributed by atoms with Gasteiger partial charge in [-0.1, -0.05) is 12.1 Å². The van der Waals surface area contributed by atoms with Crippen LogP contribution in [0.15, 0.2) is 36.1 Å². The third-order valence-corrected chi connectivity index (χ3v) is 2.81. The van der Waals surface area contributed by atoms with Crippen LogP contribution in [0.1, 0.15) is 21.8 Å². The number of allylic oxidation sites excluding steroid dienone is 1. The number of carbonyl (C=O) groups is 2. The minimum Gasteiger partial charge on any atom is -0.489 e. The minimum absolute atomic E-state index is 0.0199. The van der Waals surface area contributed by atoms with Crippen molar-refractivity contribution in [3.8, 4) is 0 Å². The Bertz CT molecular complexity index is 590. The molecule has 7 heteroatoms. The van der Waals surface area contributed by atoms with Crippen LogP contribution in [0.2, 0.25) is 0 Å². The molecule has 1 heterocycles. The highest BCUT2D eigenvalue weighted by molar-refractivity contribution is 5.98. The SMILES string of the molecule is O=C(O)c1cccc(C2C=C(C(=O)C(F)(F)F)OC2)c1. The summed E-state index contributed by atoms with van der Waals surface area (Å²) in [6.07, 6.45) is -3.92. The molecule has 1 atom stereocenters. The van der Waals surface area contributed by atoms with Gasteiger partial charge in [-0.15, -0.1) is 0 Å². The van der Waals surface area contributed by atoms with Crippen molar-refractivity contribution < 1.29 is 32.6 Å². The van der Waals surface area contributed by atoms with E-state index in [1.54, 1.807) is 6.07 Å². The van der Waals surface area contributed by atoms with Crippen molar-refractivity contribution in [2.75, 3.05) is 6.61 Å². The number of hydrogen-bond donors (Lipinski definition) is 1. The summed E-state index contributed by atoms with van der Waals surface area (Å²) in [4.78, 5) is 21.8. The lowest BCUT2D eigenvalue weighted by atomic mass is 9.98. The summed E-state index contributed by atoms with van der Waals surface area (Å²) in [6, 6.07) is 5.76. The van der Waals surface area contributed by atoms with Gasteiger partial charge in [0, 0.05) is 5.92 Å². The normalized spacial score (nSPS) is 18.4. The van der Waals surface area contributed by atoms with Crippen LogP contribution in [-0.4, -0.2) is 29.6 Å². The van der Waals surface area contributed by atoms with Gasteiger partial charge in [0.1, 0.15) is 0 Å². The number of Topliss-reactive ketones (excluding diaryl/α,β-unsaturated/α-hetero) is 1. The Hall–Kier alpha value is -2.31. The third-order valence-electron chi connectivity index (χ3n) is 2.81. The zero-order chi connectivity index (χ0) is 14.9. The summed E-state index contributed by atoms with van der Waals surface area (Å²) in [5.41, 5.74) is 0.501. The fourth-order valence-corrected chi connectivity index (χ4v) is 1.83. The molecule has 0 radical (unpaired) electrons. The first-order chi connectivity index (χ1) is 9.29. The highest BCUT2D eigenvalue weighted by Crippen LogP contribution is 2.31. The van der Waals surface area contributed by atoms with Gasteiger partial charge in [-0.2, -0.15) is 13.2 Å². The maximum Gasteiger partial charge on any atom is 0.458 e. The van der Waals surface area contributed by atoms with Crippen LogP contribution in [-0.2, 0) is 9.53 Å². The fraction of sp³-hybridized carbons (Fsp3) is 0.231. The first kappa shape index (κ1) is 14.1. The number of benzene rings is 1. The second kappa shape index (κ2) is 4.99. The van der Waals surface area contributed by atoms with Crippen molar-refractivity contribution in [2.24, 2.45) is 0 Å². The minimum atomic E-state index is -4.98. The van der Waals surface area contributed by atoms with E-state index in [1.165, 1.54) is 18.2 Å². The van der Waals surface area contributed by atoms with E-state index in [9.17, 15) is 22.8 Å². The molecule has 0 aromatic heterocycles. The Balaban J connectivity index is 2.24. The average Bonchev–Trinajstić information content (AvgIpc) is 2.86. The average molecular weight is 286 g/mol. The molecule has 1 aliphatic heterocycles. The first-order valence-corrected chi connectivity index (χ1v) is 5.58.